The number of halogens is 1. The molecule has 0 atom stereocenters. The molecule has 0 fully saturated rings. The molecular weight excluding hydrogens is 376 g/mol. The monoisotopic (exact) mass is 386 g/mol. The van der Waals surface area contributed by atoms with Gasteiger partial charge in [0, 0.05) is 16.7 Å². The SMILES string of the molecule is O=[N+]([O-])c1ccc(NN=Cc2ccc(-c3cccc(Cl)c3)o2)c([N+](=O)[O-])c1. The molecule has 0 saturated heterocycles. The number of furan rings is 1. The van der Waals surface area contributed by atoms with Crippen LogP contribution < -0.4 is 5.43 Å². The summed E-state index contributed by atoms with van der Waals surface area (Å²) in [6.07, 6.45) is 1.33. The summed E-state index contributed by atoms with van der Waals surface area (Å²) >= 11 is 5.95. The molecule has 27 heavy (non-hydrogen) atoms. The van der Waals surface area contributed by atoms with Gasteiger partial charge in [-0.05, 0) is 30.3 Å². The predicted molar refractivity (Wildman–Crippen MR) is 100 cm³/mol. The van der Waals surface area contributed by atoms with E-state index in [1.807, 2.05) is 6.07 Å². The molecule has 136 valence electrons. The molecule has 10 heteroatoms. The summed E-state index contributed by atoms with van der Waals surface area (Å²) in [4.78, 5) is 20.4. The van der Waals surface area contributed by atoms with Crippen LogP contribution in [0.2, 0.25) is 5.02 Å². The molecule has 0 aliphatic carbocycles. The molecule has 2 aromatic carbocycles. The summed E-state index contributed by atoms with van der Waals surface area (Å²) in [6.45, 7) is 0. The molecule has 1 heterocycles. The Morgan fingerprint density at radius 1 is 1.04 bits per heavy atom. The smallest absolute Gasteiger partial charge is 0.301 e. The van der Waals surface area contributed by atoms with Crippen LogP contribution in [0.4, 0.5) is 17.1 Å². The Kier molecular flexibility index (Phi) is 5.13. The summed E-state index contributed by atoms with van der Waals surface area (Å²) in [5.74, 6) is 0.988. The number of nitrogens with zero attached hydrogens (tertiary/aromatic N) is 3. The van der Waals surface area contributed by atoms with Crippen LogP contribution in [0.1, 0.15) is 5.76 Å². The molecule has 0 amide bonds. The molecule has 9 nitrogen and oxygen atoms in total. The van der Waals surface area contributed by atoms with Crippen LogP contribution in [0.5, 0.6) is 0 Å². The van der Waals surface area contributed by atoms with Gasteiger partial charge in [-0.3, -0.25) is 25.7 Å². The van der Waals surface area contributed by atoms with E-state index in [0.717, 1.165) is 17.7 Å². The van der Waals surface area contributed by atoms with Gasteiger partial charge in [0.1, 0.15) is 17.2 Å². The first kappa shape index (κ1) is 18.1. The quantitative estimate of drug-likeness (QED) is 0.366. The fourth-order valence-corrected chi connectivity index (χ4v) is 2.45. The first-order valence-electron chi connectivity index (χ1n) is 7.52. The van der Waals surface area contributed by atoms with Crippen LogP contribution in [-0.4, -0.2) is 16.1 Å². The fourth-order valence-electron chi connectivity index (χ4n) is 2.26. The number of nitro benzene ring substituents is 2. The number of nitrogens with one attached hydrogen (secondary N) is 1. The zero-order chi connectivity index (χ0) is 19.4. The third kappa shape index (κ3) is 4.28. The van der Waals surface area contributed by atoms with Crippen molar-refractivity contribution in [2.24, 2.45) is 5.10 Å². The van der Waals surface area contributed by atoms with Crippen molar-refractivity contribution in [3.05, 3.63) is 85.6 Å². The number of hydrogen-bond donors (Lipinski definition) is 1. The van der Waals surface area contributed by atoms with Crippen molar-refractivity contribution in [2.75, 3.05) is 5.43 Å². The van der Waals surface area contributed by atoms with Crippen molar-refractivity contribution >= 4 is 34.9 Å². The second-order valence-corrected chi connectivity index (χ2v) is 5.73. The summed E-state index contributed by atoms with van der Waals surface area (Å²) in [6, 6.07) is 13.8. The Balaban J connectivity index is 1.76. The molecule has 3 aromatic rings. The summed E-state index contributed by atoms with van der Waals surface area (Å²) < 4.78 is 5.62. The molecule has 0 aliphatic heterocycles. The van der Waals surface area contributed by atoms with Gasteiger partial charge < -0.3 is 4.42 Å². The summed E-state index contributed by atoms with van der Waals surface area (Å²) in [7, 11) is 0. The highest BCUT2D eigenvalue weighted by Crippen LogP contribution is 2.29. The third-order valence-corrected chi connectivity index (χ3v) is 3.74. The number of rotatable bonds is 6. The van der Waals surface area contributed by atoms with E-state index in [9.17, 15) is 20.2 Å². The molecule has 1 aromatic heterocycles. The normalized spacial score (nSPS) is 10.9. The van der Waals surface area contributed by atoms with E-state index >= 15 is 0 Å². The maximum atomic E-state index is 11.1. The third-order valence-electron chi connectivity index (χ3n) is 3.50. The van der Waals surface area contributed by atoms with Crippen LogP contribution in [0.15, 0.2) is 64.1 Å². The van der Waals surface area contributed by atoms with E-state index in [1.54, 1.807) is 30.3 Å². The number of non-ortho nitro benzene ring substituents is 1. The Morgan fingerprint density at radius 3 is 2.56 bits per heavy atom. The van der Waals surface area contributed by atoms with Crippen molar-refractivity contribution in [3.8, 4) is 11.3 Å². The van der Waals surface area contributed by atoms with Gasteiger partial charge in [0.15, 0.2) is 0 Å². The fraction of sp³-hybridized carbons (Fsp3) is 0. The molecule has 0 bridgehead atoms. The molecule has 0 spiro atoms. The lowest BCUT2D eigenvalue weighted by Crippen LogP contribution is -1.98. The minimum absolute atomic E-state index is 0.0171. The Hall–Kier alpha value is -3.72. The number of benzene rings is 2. The first-order chi connectivity index (χ1) is 12.9. The number of hydrogen-bond acceptors (Lipinski definition) is 7. The molecule has 0 radical (unpaired) electrons. The van der Waals surface area contributed by atoms with Crippen LogP contribution in [0.3, 0.4) is 0 Å². The molecule has 0 unspecified atom stereocenters. The van der Waals surface area contributed by atoms with Gasteiger partial charge in [-0.25, -0.2) is 0 Å². The highest BCUT2D eigenvalue weighted by atomic mass is 35.5. The van der Waals surface area contributed by atoms with E-state index < -0.39 is 15.5 Å². The van der Waals surface area contributed by atoms with E-state index in [1.165, 1.54) is 12.3 Å². The van der Waals surface area contributed by atoms with E-state index in [4.69, 9.17) is 16.0 Å². The number of nitro groups is 2. The average Bonchev–Trinajstić information content (AvgIpc) is 3.10. The van der Waals surface area contributed by atoms with Gasteiger partial charge in [0.25, 0.3) is 5.69 Å². The Labute approximate surface area is 157 Å². The second kappa shape index (κ2) is 7.67. The zero-order valence-corrected chi connectivity index (χ0v) is 14.3. The topological polar surface area (TPSA) is 124 Å². The van der Waals surface area contributed by atoms with Crippen LogP contribution in [0.25, 0.3) is 11.3 Å². The maximum absolute atomic E-state index is 11.1. The molecule has 0 aliphatic rings. The van der Waals surface area contributed by atoms with Crippen molar-refractivity contribution in [1.29, 1.82) is 0 Å². The number of hydrazone groups is 1. The van der Waals surface area contributed by atoms with E-state index in [2.05, 4.69) is 10.5 Å². The molecular formula is C17H11ClN4O5. The lowest BCUT2D eigenvalue weighted by molar-refractivity contribution is -0.393. The van der Waals surface area contributed by atoms with Gasteiger partial charge in [-0.15, -0.1) is 0 Å². The lowest BCUT2D eigenvalue weighted by atomic mass is 10.2. The maximum Gasteiger partial charge on any atom is 0.301 e. The standard InChI is InChI=1S/C17H11ClN4O5/c18-12-3-1-2-11(8-12)17-7-5-14(27-17)10-19-20-15-6-4-13(21(23)24)9-16(15)22(25)26/h1-10,20H. The van der Waals surface area contributed by atoms with E-state index in [0.29, 0.717) is 16.5 Å². The zero-order valence-electron chi connectivity index (χ0n) is 13.5. The molecule has 1 N–H and O–H groups in total. The van der Waals surface area contributed by atoms with Crippen LogP contribution >= 0.6 is 11.6 Å². The van der Waals surface area contributed by atoms with Crippen molar-refractivity contribution in [1.82, 2.24) is 0 Å². The number of anilines is 1. The summed E-state index contributed by atoms with van der Waals surface area (Å²) in [5.41, 5.74) is 2.46. The average molecular weight is 387 g/mol. The predicted octanol–water partition coefficient (Wildman–Crippen LogP) is 4.86. The highest BCUT2D eigenvalue weighted by molar-refractivity contribution is 6.30. The van der Waals surface area contributed by atoms with Gasteiger partial charge in [-0.2, -0.15) is 5.10 Å². The van der Waals surface area contributed by atoms with Crippen molar-refractivity contribution < 1.29 is 14.3 Å². The van der Waals surface area contributed by atoms with Crippen LogP contribution in [0, 0.1) is 20.2 Å². The lowest BCUT2D eigenvalue weighted by Gasteiger charge is -2.01. The van der Waals surface area contributed by atoms with Gasteiger partial charge in [-0.1, -0.05) is 23.7 Å². The Bertz CT molecular complexity index is 1050. The van der Waals surface area contributed by atoms with Gasteiger partial charge in [0.2, 0.25) is 0 Å². The van der Waals surface area contributed by atoms with Gasteiger partial charge in [0.05, 0.1) is 22.1 Å². The van der Waals surface area contributed by atoms with Crippen molar-refractivity contribution in [3.63, 3.8) is 0 Å². The largest absolute Gasteiger partial charge is 0.455 e. The second-order valence-electron chi connectivity index (χ2n) is 5.30. The van der Waals surface area contributed by atoms with Gasteiger partial charge >= 0.3 is 5.69 Å². The minimum atomic E-state index is -0.727. The van der Waals surface area contributed by atoms with Crippen molar-refractivity contribution in [2.45, 2.75) is 0 Å². The Morgan fingerprint density at radius 2 is 1.85 bits per heavy atom. The first-order valence-corrected chi connectivity index (χ1v) is 7.89. The van der Waals surface area contributed by atoms with E-state index in [-0.39, 0.29) is 11.4 Å². The summed E-state index contributed by atoms with van der Waals surface area (Å²) in [5, 5.41) is 26.3. The van der Waals surface area contributed by atoms with Crippen LogP contribution in [-0.2, 0) is 0 Å². The molecule has 0 saturated carbocycles. The highest BCUT2D eigenvalue weighted by Gasteiger charge is 2.19. The molecule has 3 rings (SSSR count). The minimum Gasteiger partial charge on any atom is -0.455 e.